The predicted molar refractivity (Wildman–Crippen MR) is 79.2 cm³/mol. The quantitative estimate of drug-likeness (QED) is 0.425. The summed E-state index contributed by atoms with van der Waals surface area (Å²) in [6, 6.07) is 3.04. The second kappa shape index (κ2) is 8.35. The molecule has 0 radical (unpaired) electrons. The Balaban J connectivity index is 2.70. The van der Waals surface area contributed by atoms with Gasteiger partial charge in [-0.3, -0.25) is 10.1 Å². The number of rotatable bonds is 9. The highest BCUT2D eigenvalue weighted by molar-refractivity contribution is 5.49. The molecular formula is C14H23N3O3. The normalized spacial score (nSPS) is 10.6. The highest BCUT2D eigenvalue weighted by atomic mass is 16.6. The second-order valence-electron chi connectivity index (χ2n) is 5.09. The smallest absolute Gasteiger partial charge is 0.331 e. The molecule has 0 bridgehead atoms. The van der Waals surface area contributed by atoms with Crippen molar-refractivity contribution in [2.75, 3.05) is 18.5 Å². The first-order valence-electron chi connectivity index (χ1n) is 7.06. The van der Waals surface area contributed by atoms with Crippen molar-refractivity contribution in [3.8, 4) is 5.88 Å². The van der Waals surface area contributed by atoms with E-state index in [4.69, 9.17) is 4.74 Å². The van der Waals surface area contributed by atoms with Gasteiger partial charge in [-0.1, -0.05) is 20.8 Å². The largest absolute Gasteiger partial charge is 0.473 e. The summed E-state index contributed by atoms with van der Waals surface area (Å²) in [6.45, 7) is 7.54. The van der Waals surface area contributed by atoms with Crippen LogP contribution in [0.2, 0.25) is 0 Å². The molecule has 0 saturated heterocycles. The van der Waals surface area contributed by atoms with E-state index in [0.29, 0.717) is 18.3 Å². The lowest BCUT2D eigenvalue weighted by atomic mass is 10.1. The van der Waals surface area contributed by atoms with Gasteiger partial charge in [0.2, 0.25) is 0 Å². The monoisotopic (exact) mass is 281 g/mol. The lowest BCUT2D eigenvalue weighted by Crippen LogP contribution is -2.07. The molecule has 0 amide bonds. The summed E-state index contributed by atoms with van der Waals surface area (Å²) in [4.78, 5) is 14.7. The van der Waals surface area contributed by atoms with Crippen molar-refractivity contribution < 1.29 is 9.66 Å². The molecule has 1 N–H and O–H groups in total. The molecule has 0 spiro atoms. The van der Waals surface area contributed by atoms with Gasteiger partial charge in [0, 0.05) is 12.6 Å². The van der Waals surface area contributed by atoms with Gasteiger partial charge in [-0.25, -0.2) is 0 Å². The Morgan fingerprint density at radius 1 is 1.45 bits per heavy atom. The van der Waals surface area contributed by atoms with E-state index in [9.17, 15) is 10.1 Å². The topological polar surface area (TPSA) is 77.3 Å². The molecule has 0 unspecified atom stereocenters. The summed E-state index contributed by atoms with van der Waals surface area (Å²) >= 11 is 0. The summed E-state index contributed by atoms with van der Waals surface area (Å²) < 4.78 is 5.48. The number of aromatic nitrogens is 1. The zero-order valence-corrected chi connectivity index (χ0v) is 12.4. The minimum absolute atomic E-state index is 0.0865. The van der Waals surface area contributed by atoms with E-state index in [2.05, 4.69) is 24.1 Å². The zero-order valence-electron chi connectivity index (χ0n) is 12.4. The minimum Gasteiger partial charge on any atom is -0.473 e. The van der Waals surface area contributed by atoms with Crippen LogP contribution >= 0.6 is 0 Å². The number of ether oxygens (including phenoxy) is 1. The van der Waals surface area contributed by atoms with Crippen LogP contribution < -0.4 is 10.1 Å². The molecule has 6 nitrogen and oxygen atoms in total. The van der Waals surface area contributed by atoms with Gasteiger partial charge in [0.1, 0.15) is 5.82 Å². The number of hydrogen-bond acceptors (Lipinski definition) is 5. The van der Waals surface area contributed by atoms with Gasteiger partial charge in [0.25, 0.3) is 5.88 Å². The van der Waals surface area contributed by atoms with Crippen LogP contribution in [0.3, 0.4) is 0 Å². The van der Waals surface area contributed by atoms with Gasteiger partial charge in [0.15, 0.2) is 0 Å². The van der Waals surface area contributed by atoms with Gasteiger partial charge in [-0.05, 0) is 31.2 Å². The van der Waals surface area contributed by atoms with Gasteiger partial charge in [0.05, 0.1) is 11.5 Å². The van der Waals surface area contributed by atoms with Gasteiger partial charge < -0.3 is 10.1 Å². The Kier molecular flexibility index (Phi) is 6.76. The molecule has 112 valence electrons. The number of nitrogens with one attached hydrogen (secondary N) is 1. The molecule has 0 aliphatic heterocycles. The maximum atomic E-state index is 11.0. The standard InChI is InChI=1S/C14H23N3O3/c1-4-9-15-13-8-7-12(17(18)19)14(16-13)20-10-5-6-11(2)3/h7-8,11H,4-6,9-10H2,1-3H3,(H,15,16). The van der Waals surface area contributed by atoms with Crippen LogP contribution in [0.25, 0.3) is 0 Å². The van der Waals surface area contributed by atoms with E-state index in [0.717, 1.165) is 25.8 Å². The summed E-state index contributed by atoms with van der Waals surface area (Å²) in [5.74, 6) is 1.30. The second-order valence-corrected chi connectivity index (χ2v) is 5.09. The highest BCUT2D eigenvalue weighted by Crippen LogP contribution is 2.26. The van der Waals surface area contributed by atoms with E-state index < -0.39 is 4.92 Å². The summed E-state index contributed by atoms with van der Waals surface area (Å²) in [5, 5.41) is 14.0. The SMILES string of the molecule is CCCNc1ccc([N+](=O)[O-])c(OCCCC(C)C)n1. The molecule has 20 heavy (non-hydrogen) atoms. The van der Waals surface area contributed by atoms with Crippen molar-refractivity contribution >= 4 is 11.5 Å². The van der Waals surface area contributed by atoms with Crippen LogP contribution in [0.1, 0.15) is 40.0 Å². The molecule has 0 aliphatic carbocycles. The molecule has 0 atom stereocenters. The Morgan fingerprint density at radius 3 is 2.80 bits per heavy atom. The van der Waals surface area contributed by atoms with Crippen molar-refractivity contribution in [3.63, 3.8) is 0 Å². The molecule has 0 saturated carbocycles. The van der Waals surface area contributed by atoms with Gasteiger partial charge >= 0.3 is 5.69 Å². The summed E-state index contributed by atoms with van der Waals surface area (Å²) in [5.41, 5.74) is -0.0865. The predicted octanol–water partition coefficient (Wildman–Crippen LogP) is 3.63. The fourth-order valence-electron chi connectivity index (χ4n) is 1.69. The van der Waals surface area contributed by atoms with Crippen LogP contribution in [0.4, 0.5) is 11.5 Å². The number of nitro groups is 1. The minimum atomic E-state index is -0.464. The molecule has 6 heteroatoms. The Bertz CT molecular complexity index is 436. The van der Waals surface area contributed by atoms with Crippen molar-refractivity contribution in [2.45, 2.75) is 40.0 Å². The van der Waals surface area contributed by atoms with Gasteiger partial charge in [-0.2, -0.15) is 4.98 Å². The third-order valence-corrected chi connectivity index (χ3v) is 2.76. The van der Waals surface area contributed by atoms with E-state index in [1.165, 1.54) is 6.07 Å². The highest BCUT2D eigenvalue weighted by Gasteiger charge is 2.17. The van der Waals surface area contributed by atoms with E-state index in [1.807, 2.05) is 6.92 Å². The first-order valence-corrected chi connectivity index (χ1v) is 7.06. The molecule has 0 aromatic carbocycles. The fraction of sp³-hybridized carbons (Fsp3) is 0.643. The molecule has 1 rings (SSSR count). The number of pyridine rings is 1. The van der Waals surface area contributed by atoms with Gasteiger partial charge in [-0.15, -0.1) is 0 Å². The summed E-state index contributed by atoms with van der Waals surface area (Å²) in [6.07, 6.45) is 2.86. The van der Waals surface area contributed by atoms with Crippen LogP contribution in [-0.2, 0) is 0 Å². The summed E-state index contributed by atoms with van der Waals surface area (Å²) in [7, 11) is 0. The first kappa shape index (κ1) is 16.2. The van der Waals surface area contributed by atoms with Crippen molar-refractivity contribution in [1.82, 2.24) is 4.98 Å². The molecule has 1 heterocycles. The van der Waals surface area contributed by atoms with Crippen LogP contribution in [0, 0.1) is 16.0 Å². The Hall–Kier alpha value is -1.85. The average Bonchev–Trinajstić information content (AvgIpc) is 2.41. The van der Waals surface area contributed by atoms with Crippen molar-refractivity contribution in [3.05, 3.63) is 22.2 Å². The third-order valence-electron chi connectivity index (χ3n) is 2.76. The lowest BCUT2D eigenvalue weighted by Gasteiger charge is -2.09. The number of nitrogens with zero attached hydrogens (tertiary/aromatic N) is 2. The molecule has 1 aromatic rings. The first-order chi connectivity index (χ1) is 9.54. The van der Waals surface area contributed by atoms with E-state index >= 15 is 0 Å². The van der Waals surface area contributed by atoms with Crippen molar-refractivity contribution in [2.24, 2.45) is 5.92 Å². The van der Waals surface area contributed by atoms with Crippen LogP contribution in [-0.4, -0.2) is 23.1 Å². The molecule has 0 fully saturated rings. The Morgan fingerprint density at radius 2 is 2.20 bits per heavy atom. The number of hydrogen-bond donors (Lipinski definition) is 1. The lowest BCUT2D eigenvalue weighted by molar-refractivity contribution is -0.386. The van der Waals surface area contributed by atoms with E-state index in [-0.39, 0.29) is 11.6 Å². The maximum absolute atomic E-state index is 11.0. The molecular weight excluding hydrogens is 258 g/mol. The molecule has 1 aromatic heterocycles. The zero-order chi connectivity index (χ0) is 15.0. The van der Waals surface area contributed by atoms with Crippen LogP contribution in [0.15, 0.2) is 12.1 Å². The van der Waals surface area contributed by atoms with E-state index in [1.54, 1.807) is 6.07 Å². The van der Waals surface area contributed by atoms with Crippen molar-refractivity contribution in [1.29, 1.82) is 0 Å². The Labute approximate surface area is 119 Å². The average molecular weight is 281 g/mol. The third kappa shape index (κ3) is 5.42. The van der Waals surface area contributed by atoms with Crippen LogP contribution in [0.5, 0.6) is 5.88 Å². The molecule has 0 aliphatic rings. The maximum Gasteiger partial charge on any atom is 0.331 e. The number of anilines is 1. The fourth-order valence-corrected chi connectivity index (χ4v) is 1.69.